The van der Waals surface area contributed by atoms with E-state index in [1.54, 1.807) is 0 Å². The van der Waals surface area contributed by atoms with Gasteiger partial charge in [-0.1, -0.05) is 31.2 Å². The Bertz CT molecular complexity index is 1070. The first-order valence-electron chi connectivity index (χ1n) is 10.9. The number of nitrogen functional groups attached to an aromatic ring is 1. The van der Waals surface area contributed by atoms with E-state index >= 15 is 0 Å². The van der Waals surface area contributed by atoms with Gasteiger partial charge in [0.1, 0.15) is 5.75 Å². The Morgan fingerprint density at radius 1 is 1.24 bits per heavy atom. The van der Waals surface area contributed by atoms with Crippen molar-refractivity contribution >= 4 is 17.9 Å². The number of nitrogens with zero attached hydrogens (tertiary/aromatic N) is 7. The third-order valence-electron chi connectivity index (χ3n) is 4.72. The summed E-state index contributed by atoms with van der Waals surface area (Å²) in [5.74, 6) is 0.396. The fourth-order valence-corrected chi connectivity index (χ4v) is 3.33. The average molecular weight is 456 g/mol. The molecule has 0 spiro atoms. The van der Waals surface area contributed by atoms with Gasteiger partial charge in [-0.05, 0) is 55.3 Å². The Labute approximate surface area is 191 Å². The number of hydrogen-bond donors (Lipinski definition) is 2. The van der Waals surface area contributed by atoms with Crippen molar-refractivity contribution in [3.05, 3.63) is 41.2 Å². The van der Waals surface area contributed by atoms with Crippen LogP contribution in [-0.4, -0.2) is 62.0 Å². The predicted octanol–water partition coefficient (Wildman–Crippen LogP) is 2.02. The topological polar surface area (TPSA) is 150 Å². The molecule has 33 heavy (non-hydrogen) atoms. The molecule has 1 aromatic carbocycles. The van der Waals surface area contributed by atoms with Crippen molar-refractivity contribution in [3.63, 3.8) is 0 Å². The monoisotopic (exact) mass is 455 g/mol. The molecule has 176 valence electrons. The summed E-state index contributed by atoms with van der Waals surface area (Å²) in [5.41, 5.74) is 9.74. The number of nitrogens with two attached hydrogens (primary N) is 1. The molecule has 0 aliphatic heterocycles. The highest BCUT2D eigenvalue weighted by molar-refractivity contribution is 5.94. The Balaban J connectivity index is 1.86. The van der Waals surface area contributed by atoms with Gasteiger partial charge in [-0.25, -0.2) is 10.1 Å². The Hall–Kier alpha value is -3.80. The van der Waals surface area contributed by atoms with E-state index in [-0.39, 0.29) is 17.3 Å². The maximum absolute atomic E-state index is 13.0. The molecule has 0 atom stereocenters. The summed E-state index contributed by atoms with van der Waals surface area (Å²) < 4.78 is 11.7. The van der Waals surface area contributed by atoms with Crippen molar-refractivity contribution in [2.45, 2.75) is 40.2 Å². The third-order valence-corrected chi connectivity index (χ3v) is 4.72. The van der Waals surface area contributed by atoms with Crippen LogP contribution in [0.5, 0.6) is 5.75 Å². The molecule has 2 aromatic heterocycles. The summed E-state index contributed by atoms with van der Waals surface area (Å²) in [6, 6.07) is 7.41. The van der Waals surface area contributed by atoms with Crippen LogP contribution in [0.2, 0.25) is 0 Å². The van der Waals surface area contributed by atoms with Crippen LogP contribution in [0.15, 0.2) is 34.0 Å². The van der Waals surface area contributed by atoms with E-state index in [0.29, 0.717) is 24.6 Å². The van der Waals surface area contributed by atoms with Crippen molar-refractivity contribution in [2.24, 2.45) is 5.10 Å². The van der Waals surface area contributed by atoms with Crippen LogP contribution in [0.25, 0.3) is 5.82 Å². The van der Waals surface area contributed by atoms with Crippen LogP contribution >= 0.6 is 0 Å². The van der Waals surface area contributed by atoms with Crippen molar-refractivity contribution in [1.82, 2.24) is 35.6 Å². The SMILES string of the molecule is CCCN(CCC)Cc1c(C(=O)NN=Cc2ccccc2OCC)nnn1-c1nonc1N. The second kappa shape index (κ2) is 11.7. The molecule has 3 N–H and O–H groups in total. The number of nitrogens with one attached hydrogen (secondary N) is 1. The number of carbonyl (C=O) groups excluding carboxylic acids is 1. The summed E-state index contributed by atoms with van der Waals surface area (Å²) >= 11 is 0. The van der Waals surface area contributed by atoms with Crippen molar-refractivity contribution in [1.29, 1.82) is 0 Å². The van der Waals surface area contributed by atoms with E-state index in [2.05, 4.69) is 49.9 Å². The van der Waals surface area contributed by atoms with Gasteiger partial charge in [0.05, 0.1) is 18.5 Å². The number of hydrazone groups is 1. The standard InChI is InChI=1S/C21H29N9O3/c1-4-11-29(12-5-2)14-16-18(24-28-30(16)20-19(22)26-33-27-20)21(31)25-23-13-15-9-7-8-10-17(15)32-6-3/h7-10,13H,4-6,11-12,14H2,1-3H3,(H2,22,26)(H,25,31). The van der Waals surface area contributed by atoms with Gasteiger partial charge in [0.2, 0.25) is 11.6 Å². The fourth-order valence-electron chi connectivity index (χ4n) is 3.33. The van der Waals surface area contributed by atoms with Gasteiger partial charge in [-0.15, -0.1) is 5.10 Å². The van der Waals surface area contributed by atoms with Gasteiger partial charge >= 0.3 is 0 Å². The number of ether oxygens (including phenoxy) is 1. The van der Waals surface area contributed by atoms with E-state index in [1.165, 1.54) is 10.9 Å². The Morgan fingerprint density at radius 3 is 2.67 bits per heavy atom. The normalized spacial score (nSPS) is 11.4. The van der Waals surface area contributed by atoms with E-state index < -0.39 is 5.91 Å². The molecule has 0 aliphatic rings. The zero-order valence-corrected chi connectivity index (χ0v) is 19.1. The molecule has 12 heteroatoms. The lowest BCUT2D eigenvalue weighted by molar-refractivity contribution is 0.0947. The van der Waals surface area contributed by atoms with Crippen molar-refractivity contribution in [3.8, 4) is 11.6 Å². The van der Waals surface area contributed by atoms with Gasteiger partial charge in [0.15, 0.2) is 5.69 Å². The lowest BCUT2D eigenvalue weighted by atomic mass is 10.2. The molecule has 0 radical (unpaired) electrons. The number of anilines is 1. The zero-order chi connectivity index (χ0) is 23.6. The summed E-state index contributed by atoms with van der Waals surface area (Å²) in [5, 5.41) is 19.6. The van der Waals surface area contributed by atoms with Gasteiger partial charge in [-0.3, -0.25) is 9.69 Å². The lowest BCUT2D eigenvalue weighted by Crippen LogP contribution is -2.28. The van der Waals surface area contributed by atoms with Crippen LogP contribution in [0.1, 0.15) is 55.4 Å². The van der Waals surface area contributed by atoms with Crippen molar-refractivity contribution in [2.75, 3.05) is 25.4 Å². The second-order valence-corrected chi connectivity index (χ2v) is 7.22. The van der Waals surface area contributed by atoms with Crippen LogP contribution in [0.4, 0.5) is 5.82 Å². The van der Waals surface area contributed by atoms with E-state index in [1.807, 2.05) is 31.2 Å². The van der Waals surface area contributed by atoms with E-state index in [4.69, 9.17) is 15.1 Å². The summed E-state index contributed by atoms with van der Waals surface area (Å²) in [6.07, 6.45) is 3.44. The number of carbonyl (C=O) groups is 1. The maximum atomic E-state index is 13.0. The summed E-state index contributed by atoms with van der Waals surface area (Å²) in [4.78, 5) is 15.2. The minimum absolute atomic E-state index is 0.0520. The molecular formula is C21H29N9O3. The van der Waals surface area contributed by atoms with E-state index in [0.717, 1.165) is 31.5 Å². The van der Waals surface area contributed by atoms with E-state index in [9.17, 15) is 4.79 Å². The highest BCUT2D eigenvalue weighted by Gasteiger charge is 2.25. The number of rotatable bonds is 12. The molecule has 0 aliphatic carbocycles. The van der Waals surface area contributed by atoms with Crippen LogP contribution in [-0.2, 0) is 6.54 Å². The number of amides is 1. The third kappa shape index (κ3) is 5.92. The minimum atomic E-state index is -0.510. The molecule has 0 saturated carbocycles. The van der Waals surface area contributed by atoms with Gasteiger partial charge in [0.25, 0.3) is 5.91 Å². The first-order chi connectivity index (χ1) is 16.1. The molecule has 0 fully saturated rings. The fraction of sp³-hybridized carbons (Fsp3) is 0.429. The molecule has 2 heterocycles. The van der Waals surface area contributed by atoms with Crippen molar-refractivity contribution < 1.29 is 14.2 Å². The highest BCUT2D eigenvalue weighted by Crippen LogP contribution is 2.18. The molecule has 3 rings (SSSR count). The van der Waals surface area contributed by atoms with Crippen LogP contribution in [0, 0.1) is 0 Å². The summed E-state index contributed by atoms with van der Waals surface area (Å²) in [6.45, 7) is 8.73. The first kappa shape index (κ1) is 23.9. The predicted molar refractivity (Wildman–Crippen MR) is 122 cm³/mol. The number of benzene rings is 1. The first-order valence-corrected chi connectivity index (χ1v) is 10.9. The second-order valence-electron chi connectivity index (χ2n) is 7.22. The smallest absolute Gasteiger partial charge is 0.293 e. The average Bonchev–Trinajstić information content (AvgIpc) is 3.41. The molecule has 0 unspecified atom stereocenters. The molecule has 3 aromatic rings. The Morgan fingerprint density at radius 2 is 2.00 bits per heavy atom. The molecule has 1 amide bonds. The Kier molecular flexibility index (Phi) is 8.47. The lowest BCUT2D eigenvalue weighted by Gasteiger charge is -2.21. The molecular weight excluding hydrogens is 426 g/mol. The van der Waals surface area contributed by atoms with Gasteiger partial charge < -0.3 is 10.5 Å². The molecule has 0 saturated heterocycles. The maximum Gasteiger partial charge on any atom is 0.293 e. The number of para-hydroxylation sites is 1. The quantitative estimate of drug-likeness (QED) is 0.309. The van der Waals surface area contributed by atoms with Gasteiger partial charge in [-0.2, -0.15) is 9.78 Å². The largest absolute Gasteiger partial charge is 0.493 e. The van der Waals surface area contributed by atoms with Gasteiger partial charge in [0, 0.05) is 12.1 Å². The highest BCUT2D eigenvalue weighted by atomic mass is 16.6. The summed E-state index contributed by atoms with van der Waals surface area (Å²) in [7, 11) is 0. The zero-order valence-electron chi connectivity index (χ0n) is 19.1. The molecule has 0 bridgehead atoms. The minimum Gasteiger partial charge on any atom is -0.493 e. The van der Waals surface area contributed by atoms with Crippen LogP contribution in [0.3, 0.4) is 0 Å². The molecule has 12 nitrogen and oxygen atoms in total. The number of aromatic nitrogens is 5. The number of hydrogen-bond acceptors (Lipinski definition) is 10. The van der Waals surface area contributed by atoms with Crippen LogP contribution < -0.4 is 15.9 Å².